The standard InChI is InChI=1S/C28H26F3N5O3/c1-3-22(17-11-18(29)13-19(30)12-17)36-23(21-7-9-34(2)33-21)14-24(37)25(28(36)39)27(38)35-10-6-16(15-35)26-20(31)5-4-8-32-26/h4-5,7-9,11-14,16,22,37H,3,6,10,15H2,1-2H3/t16?,22-/m0/s1. The third-order valence-corrected chi connectivity index (χ3v) is 7.03. The van der Waals surface area contributed by atoms with Crippen molar-refractivity contribution in [1.82, 2.24) is 24.2 Å². The van der Waals surface area contributed by atoms with E-state index in [1.165, 1.54) is 38.5 Å². The van der Waals surface area contributed by atoms with Gasteiger partial charge in [0.1, 0.15) is 34.5 Å². The van der Waals surface area contributed by atoms with E-state index in [1.54, 1.807) is 26.2 Å². The van der Waals surface area contributed by atoms with Crippen molar-refractivity contribution in [2.45, 2.75) is 31.7 Å². The summed E-state index contributed by atoms with van der Waals surface area (Å²) < 4.78 is 45.4. The summed E-state index contributed by atoms with van der Waals surface area (Å²) in [6.45, 7) is 2.08. The molecule has 3 aromatic heterocycles. The molecule has 1 aromatic carbocycles. The van der Waals surface area contributed by atoms with Crippen LogP contribution in [0.3, 0.4) is 0 Å². The van der Waals surface area contributed by atoms with Gasteiger partial charge in [0, 0.05) is 50.6 Å². The zero-order chi connectivity index (χ0) is 27.8. The lowest BCUT2D eigenvalue weighted by Crippen LogP contribution is -2.37. The molecule has 1 saturated heterocycles. The Bertz CT molecular complexity index is 1600. The van der Waals surface area contributed by atoms with E-state index in [0.717, 1.165) is 18.2 Å². The molecule has 8 nitrogen and oxygen atoms in total. The zero-order valence-corrected chi connectivity index (χ0v) is 21.3. The predicted molar refractivity (Wildman–Crippen MR) is 137 cm³/mol. The van der Waals surface area contributed by atoms with E-state index in [1.807, 2.05) is 0 Å². The Hall–Kier alpha value is -4.41. The number of hydrogen-bond acceptors (Lipinski definition) is 5. The summed E-state index contributed by atoms with van der Waals surface area (Å²) in [5.74, 6) is -3.74. The van der Waals surface area contributed by atoms with Crippen LogP contribution in [0, 0.1) is 17.5 Å². The number of carbonyl (C=O) groups is 1. The van der Waals surface area contributed by atoms with Crippen LogP contribution in [0.15, 0.2) is 59.7 Å². The Labute approximate surface area is 222 Å². The summed E-state index contributed by atoms with van der Waals surface area (Å²) in [6.07, 6.45) is 3.79. The van der Waals surface area contributed by atoms with Gasteiger partial charge >= 0.3 is 0 Å². The number of rotatable bonds is 6. The molecule has 0 aliphatic carbocycles. The summed E-state index contributed by atoms with van der Waals surface area (Å²) >= 11 is 0. The van der Waals surface area contributed by atoms with Crippen molar-refractivity contribution in [3.05, 3.63) is 99.5 Å². The van der Waals surface area contributed by atoms with Gasteiger partial charge in [0.05, 0.1) is 17.4 Å². The maximum absolute atomic E-state index is 14.3. The van der Waals surface area contributed by atoms with Crippen LogP contribution in [0.1, 0.15) is 53.3 Å². The third-order valence-electron chi connectivity index (χ3n) is 7.03. The molecule has 0 radical (unpaired) electrons. The number of benzene rings is 1. The van der Waals surface area contributed by atoms with Crippen molar-refractivity contribution < 1.29 is 23.1 Å². The number of aromatic hydroxyl groups is 1. The highest BCUT2D eigenvalue weighted by atomic mass is 19.1. The van der Waals surface area contributed by atoms with Crippen molar-refractivity contribution in [3.63, 3.8) is 0 Å². The number of halogens is 3. The molecule has 202 valence electrons. The maximum Gasteiger partial charge on any atom is 0.268 e. The van der Waals surface area contributed by atoms with Crippen LogP contribution < -0.4 is 5.56 Å². The quantitative estimate of drug-likeness (QED) is 0.394. The number of likely N-dealkylation sites (tertiary alicyclic amines) is 1. The number of carbonyl (C=O) groups excluding carboxylic acids is 1. The Morgan fingerprint density at radius 1 is 1.15 bits per heavy atom. The third kappa shape index (κ3) is 4.91. The summed E-state index contributed by atoms with van der Waals surface area (Å²) in [5, 5.41) is 15.3. The lowest BCUT2D eigenvalue weighted by molar-refractivity contribution is 0.0784. The molecule has 1 fully saturated rings. The van der Waals surface area contributed by atoms with Gasteiger partial charge in [-0.05, 0) is 48.7 Å². The first-order chi connectivity index (χ1) is 18.7. The van der Waals surface area contributed by atoms with Gasteiger partial charge < -0.3 is 10.0 Å². The molecule has 1 aliphatic heterocycles. The molecule has 39 heavy (non-hydrogen) atoms. The molecule has 0 spiro atoms. The summed E-state index contributed by atoms with van der Waals surface area (Å²) in [7, 11) is 1.68. The highest BCUT2D eigenvalue weighted by Crippen LogP contribution is 2.33. The van der Waals surface area contributed by atoms with Crippen LogP contribution in [0.2, 0.25) is 0 Å². The fraction of sp³-hybridized carbons (Fsp3) is 0.286. The van der Waals surface area contributed by atoms with Gasteiger partial charge in [0.15, 0.2) is 0 Å². The Morgan fingerprint density at radius 2 is 1.90 bits per heavy atom. The molecule has 0 saturated carbocycles. The van der Waals surface area contributed by atoms with Gasteiger partial charge in [-0.15, -0.1) is 0 Å². The number of hydrogen-bond donors (Lipinski definition) is 1. The minimum absolute atomic E-state index is 0.111. The minimum atomic E-state index is -0.874. The van der Waals surface area contributed by atoms with E-state index in [0.29, 0.717) is 12.1 Å². The highest BCUT2D eigenvalue weighted by Gasteiger charge is 2.34. The van der Waals surface area contributed by atoms with Crippen molar-refractivity contribution >= 4 is 5.91 Å². The van der Waals surface area contributed by atoms with Crippen LogP contribution in [0.4, 0.5) is 13.2 Å². The molecule has 0 bridgehead atoms. The smallest absolute Gasteiger partial charge is 0.268 e. The second-order valence-electron chi connectivity index (χ2n) is 9.57. The van der Waals surface area contributed by atoms with Gasteiger partial charge in [-0.25, -0.2) is 13.2 Å². The first-order valence-corrected chi connectivity index (χ1v) is 12.5. The molecule has 1 N–H and O–H groups in total. The molecule has 1 aliphatic rings. The SMILES string of the molecule is CC[C@@H](c1cc(F)cc(F)c1)n1c(-c2ccn(C)n2)cc(O)c(C(=O)N2CCC(c3ncccc3F)C2)c1=O. The normalized spacial score (nSPS) is 16.0. The monoisotopic (exact) mass is 537 g/mol. The fourth-order valence-corrected chi connectivity index (χ4v) is 5.23. The highest BCUT2D eigenvalue weighted by molar-refractivity contribution is 5.97. The molecule has 1 unspecified atom stereocenters. The number of aryl methyl sites for hydroxylation is 1. The molecule has 2 atom stereocenters. The number of pyridine rings is 2. The topological polar surface area (TPSA) is 93.2 Å². The number of nitrogens with zero attached hydrogens (tertiary/aromatic N) is 5. The fourth-order valence-electron chi connectivity index (χ4n) is 5.23. The first kappa shape index (κ1) is 26.2. The van der Waals surface area contributed by atoms with Crippen molar-refractivity contribution in [1.29, 1.82) is 0 Å². The van der Waals surface area contributed by atoms with Gasteiger partial charge in [-0.1, -0.05) is 6.92 Å². The van der Waals surface area contributed by atoms with Crippen LogP contribution in [-0.4, -0.2) is 48.3 Å². The van der Waals surface area contributed by atoms with E-state index in [4.69, 9.17) is 0 Å². The van der Waals surface area contributed by atoms with Crippen LogP contribution in [0.25, 0.3) is 11.4 Å². The van der Waals surface area contributed by atoms with Crippen molar-refractivity contribution in [2.75, 3.05) is 13.1 Å². The van der Waals surface area contributed by atoms with Crippen molar-refractivity contribution in [3.8, 4) is 17.1 Å². The van der Waals surface area contributed by atoms with Crippen molar-refractivity contribution in [2.24, 2.45) is 7.05 Å². The average Bonchev–Trinajstić information content (AvgIpc) is 3.55. The minimum Gasteiger partial charge on any atom is -0.507 e. The molecule has 1 amide bonds. The lowest BCUT2D eigenvalue weighted by atomic mass is 10.0. The Morgan fingerprint density at radius 3 is 2.54 bits per heavy atom. The van der Waals surface area contributed by atoms with Gasteiger partial charge in [-0.2, -0.15) is 5.10 Å². The second-order valence-corrected chi connectivity index (χ2v) is 9.57. The maximum atomic E-state index is 14.3. The molecular formula is C28H26F3N5O3. The van der Waals surface area contributed by atoms with E-state index < -0.39 is 46.3 Å². The van der Waals surface area contributed by atoms with Gasteiger partial charge in [0.25, 0.3) is 11.5 Å². The van der Waals surface area contributed by atoms with E-state index in [-0.39, 0.29) is 42.4 Å². The van der Waals surface area contributed by atoms with Gasteiger partial charge in [0.2, 0.25) is 0 Å². The second kappa shape index (κ2) is 10.4. The molecule has 5 rings (SSSR count). The number of aromatic nitrogens is 4. The Balaban J connectivity index is 1.61. The largest absolute Gasteiger partial charge is 0.507 e. The van der Waals surface area contributed by atoms with Crippen LogP contribution in [-0.2, 0) is 7.05 Å². The van der Waals surface area contributed by atoms with E-state index in [9.17, 15) is 27.9 Å². The van der Waals surface area contributed by atoms with Crippen LogP contribution in [0.5, 0.6) is 5.75 Å². The summed E-state index contributed by atoms with van der Waals surface area (Å²) in [5.41, 5.74) is -0.381. The first-order valence-electron chi connectivity index (χ1n) is 12.5. The zero-order valence-electron chi connectivity index (χ0n) is 21.3. The van der Waals surface area contributed by atoms with Gasteiger partial charge in [-0.3, -0.25) is 23.8 Å². The molecule has 11 heteroatoms. The molecule has 4 aromatic rings. The summed E-state index contributed by atoms with van der Waals surface area (Å²) in [4.78, 5) is 33.1. The lowest BCUT2D eigenvalue weighted by Gasteiger charge is -2.25. The number of amides is 1. The molecular weight excluding hydrogens is 511 g/mol. The Kier molecular flexibility index (Phi) is 6.98. The van der Waals surface area contributed by atoms with E-state index in [2.05, 4.69) is 10.1 Å². The van der Waals surface area contributed by atoms with E-state index >= 15 is 0 Å². The predicted octanol–water partition coefficient (Wildman–Crippen LogP) is 4.40. The molecule has 4 heterocycles. The average molecular weight is 538 g/mol. The van der Waals surface area contributed by atoms with Crippen LogP contribution >= 0.6 is 0 Å². The summed E-state index contributed by atoms with van der Waals surface area (Å²) in [6, 6.07) is 7.79.